The largest absolute Gasteiger partial charge is 0.383 e. The highest BCUT2D eigenvalue weighted by molar-refractivity contribution is 6.03. The summed E-state index contributed by atoms with van der Waals surface area (Å²) in [7, 11) is 3.45. The molecule has 204 valence electrons. The molecule has 1 saturated heterocycles. The van der Waals surface area contributed by atoms with E-state index in [-0.39, 0.29) is 54.7 Å². The molecular formula is C27H30FN7O4. The van der Waals surface area contributed by atoms with Crippen molar-refractivity contribution in [3.63, 3.8) is 0 Å². The van der Waals surface area contributed by atoms with Crippen LogP contribution in [0.5, 0.6) is 0 Å². The van der Waals surface area contributed by atoms with Crippen molar-refractivity contribution < 1.29 is 23.5 Å². The smallest absolute Gasteiger partial charge is 0.328 e. The fourth-order valence-corrected chi connectivity index (χ4v) is 5.27. The Labute approximate surface area is 225 Å². The molecule has 5 heterocycles. The lowest BCUT2D eigenvalue weighted by atomic mass is 9.68. The standard InChI is InChI=1S/C27H30FN7O4/c1-4-17-13-30-23(10-21(17)29-5-8-39-3)32-26(38)35-19-11-27(28,12-19)20-9-18(22(16-36)31-25(20)35)14-34-7-6-33(2)15-24(34)37/h1,9-10,13,16,19H,5-8,11-12,14-15H2,2-3H3,(H2,29,30,32,38). The highest BCUT2D eigenvalue weighted by Crippen LogP contribution is 2.55. The van der Waals surface area contributed by atoms with Crippen molar-refractivity contribution in [3.05, 3.63) is 40.7 Å². The van der Waals surface area contributed by atoms with Crippen LogP contribution in [0.2, 0.25) is 0 Å². The molecule has 2 bridgehead atoms. The number of pyridine rings is 2. The number of carbonyl (C=O) groups is 3. The number of methoxy groups -OCH3 is 1. The average Bonchev–Trinajstić information content (AvgIpc) is 2.89. The van der Waals surface area contributed by atoms with E-state index in [9.17, 15) is 14.4 Å². The van der Waals surface area contributed by atoms with Gasteiger partial charge in [0.15, 0.2) is 6.29 Å². The molecule has 1 saturated carbocycles. The molecule has 2 aromatic heterocycles. The maximum absolute atomic E-state index is 15.8. The van der Waals surface area contributed by atoms with Crippen LogP contribution in [0.25, 0.3) is 0 Å². The molecule has 0 atom stereocenters. The van der Waals surface area contributed by atoms with Gasteiger partial charge in [-0.1, -0.05) is 5.92 Å². The Balaban J connectivity index is 1.41. The topological polar surface area (TPSA) is 120 Å². The summed E-state index contributed by atoms with van der Waals surface area (Å²) < 4.78 is 20.8. The zero-order chi connectivity index (χ0) is 27.7. The third kappa shape index (κ3) is 5.03. The number of hydrogen-bond donors (Lipinski definition) is 2. The number of ether oxygens (including phenoxy) is 1. The zero-order valence-corrected chi connectivity index (χ0v) is 21.9. The van der Waals surface area contributed by atoms with Crippen molar-refractivity contribution in [3.8, 4) is 12.3 Å². The van der Waals surface area contributed by atoms with Crippen LogP contribution in [0.15, 0.2) is 18.3 Å². The van der Waals surface area contributed by atoms with Gasteiger partial charge in [0.2, 0.25) is 5.91 Å². The summed E-state index contributed by atoms with van der Waals surface area (Å²) in [6, 6.07) is 2.25. The summed E-state index contributed by atoms with van der Waals surface area (Å²) in [6.07, 6.45) is 7.86. The Morgan fingerprint density at radius 3 is 2.85 bits per heavy atom. The molecule has 3 amide bonds. The second-order valence-corrected chi connectivity index (χ2v) is 10.1. The normalized spacial score (nSPS) is 22.0. The summed E-state index contributed by atoms with van der Waals surface area (Å²) in [5, 5.41) is 5.91. The first-order valence-corrected chi connectivity index (χ1v) is 12.7. The first-order chi connectivity index (χ1) is 18.8. The van der Waals surface area contributed by atoms with E-state index >= 15 is 4.39 Å². The van der Waals surface area contributed by atoms with Crippen molar-refractivity contribution in [2.24, 2.45) is 0 Å². The van der Waals surface area contributed by atoms with Crippen LogP contribution < -0.4 is 15.5 Å². The number of terminal acetylenes is 1. The fraction of sp³-hybridized carbons (Fsp3) is 0.444. The van der Waals surface area contributed by atoms with Crippen LogP contribution in [-0.2, 0) is 21.7 Å². The minimum Gasteiger partial charge on any atom is -0.383 e. The molecule has 1 aliphatic carbocycles. The van der Waals surface area contributed by atoms with Crippen LogP contribution in [0.4, 0.5) is 26.5 Å². The summed E-state index contributed by atoms with van der Waals surface area (Å²) in [6.45, 7) is 2.58. The van der Waals surface area contributed by atoms with E-state index in [1.165, 1.54) is 11.1 Å². The lowest BCUT2D eigenvalue weighted by Gasteiger charge is -2.52. The number of amides is 3. The zero-order valence-electron chi connectivity index (χ0n) is 21.9. The van der Waals surface area contributed by atoms with E-state index in [1.54, 1.807) is 24.1 Å². The highest BCUT2D eigenvalue weighted by Gasteiger charge is 2.57. The Bertz CT molecular complexity index is 1350. The number of urea groups is 1. The summed E-state index contributed by atoms with van der Waals surface area (Å²) in [5.74, 6) is 2.83. The highest BCUT2D eigenvalue weighted by atomic mass is 19.1. The predicted octanol–water partition coefficient (Wildman–Crippen LogP) is 1.98. The van der Waals surface area contributed by atoms with Crippen molar-refractivity contribution in [2.75, 3.05) is 62.5 Å². The Morgan fingerprint density at radius 1 is 1.36 bits per heavy atom. The number of rotatable bonds is 8. The SMILES string of the molecule is C#Cc1cnc(NC(=O)N2c3nc(C=O)c(CN4CCN(C)CC4=O)cc3C3(F)CC2C3)cc1NCCOC. The van der Waals surface area contributed by atoms with Crippen LogP contribution in [0.3, 0.4) is 0 Å². The first kappa shape index (κ1) is 26.5. The van der Waals surface area contributed by atoms with Gasteiger partial charge in [0, 0.05) is 75.6 Å². The fourth-order valence-electron chi connectivity index (χ4n) is 5.27. The quantitative estimate of drug-likeness (QED) is 0.299. The van der Waals surface area contributed by atoms with Crippen molar-refractivity contribution in [1.82, 2.24) is 19.8 Å². The Kier molecular flexibility index (Phi) is 7.20. The maximum atomic E-state index is 15.8. The number of likely N-dealkylation sites (N-methyl/N-ethyl adjacent to an activating group) is 1. The number of anilines is 3. The van der Waals surface area contributed by atoms with Gasteiger partial charge < -0.3 is 15.0 Å². The van der Waals surface area contributed by atoms with Crippen molar-refractivity contribution >= 4 is 35.5 Å². The number of aromatic nitrogens is 2. The monoisotopic (exact) mass is 535 g/mol. The molecule has 2 aromatic rings. The number of nitrogens with zero attached hydrogens (tertiary/aromatic N) is 5. The number of aldehydes is 1. The number of carbonyl (C=O) groups excluding carboxylic acids is 3. The molecule has 6 rings (SSSR count). The predicted molar refractivity (Wildman–Crippen MR) is 142 cm³/mol. The minimum absolute atomic E-state index is 0.0718. The second-order valence-electron chi connectivity index (χ2n) is 10.1. The van der Waals surface area contributed by atoms with Crippen molar-refractivity contribution in [2.45, 2.75) is 31.1 Å². The third-order valence-electron chi connectivity index (χ3n) is 7.43. The molecule has 4 aliphatic rings. The molecule has 12 heteroatoms. The number of nitrogens with one attached hydrogen (secondary N) is 2. The van der Waals surface area contributed by atoms with Gasteiger partial charge in [0.25, 0.3) is 0 Å². The second kappa shape index (κ2) is 10.6. The summed E-state index contributed by atoms with van der Waals surface area (Å²) in [5.41, 5.74) is 0.274. The van der Waals surface area contributed by atoms with Crippen LogP contribution >= 0.6 is 0 Å². The van der Waals surface area contributed by atoms with Crippen LogP contribution in [-0.4, -0.2) is 91.0 Å². The number of alkyl halides is 1. The van der Waals surface area contributed by atoms with E-state index in [0.29, 0.717) is 49.3 Å². The van der Waals surface area contributed by atoms with E-state index in [2.05, 4.69) is 26.5 Å². The van der Waals surface area contributed by atoms with Gasteiger partial charge in [-0.3, -0.25) is 24.7 Å². The van der Waals surface area contributed by atoms with E-state index < -0.39 is 17.7 Å². The first-order valence-electron chi connectivity index (χ1n) is 12.7. The molecule has 39 heavy (non-hydrogen) atoms. The minimum atomic E-state index is -1.64. The Hall–Kier alpha value is -4.08. The summed E-state index contributed by atoms with van der Waals surface area (Å²) in [4.78, 5) is 51.6. The maximum Gasteiger partial charge on any atom is 0.328 e. The molecular weight excluding hydrogens is 505 g/mol. The lowest BCUT2D eigenvalue weighted by molar-refractivity contribution is -0.136. The molecule has 2 fully saturated rings. The molecule has 2 N–H and O–H groups in total. The number of halogens is 1. The van der Waals surface area contributed by atoms with Crippen molar-refractivity contribution in [1.29, 1.82) is 0 Å². The summed E-state index contributed by atoms with van der Waals surface area (Å²) >= 11 is 0. The third-order valence-corrected chi connectivity index (χ3v) is 7.43. The number of hydrogen-bond acceptors (Lipinski definition) is 8. The lowest BCUT2D eigenvalue weighted by Crippen LogP contribution is -2.60. The average molecular weight is 536 g/mol. The molecule has 3 aliphatic heterocycles. The van der Waals surface area contributed by atoms with Gasteiger partial charge in [0.05, 0.1) is 24.4 Å². The van der Waals surface area contributed by atoms with E-state index in [0.717, 1.165) is 0 Å². The van der Waals surface area contributed by atoms with Crippen LogP contribution in [0, 0.1) is 12.3 Å². The molecule has 0 spiro atoms. The Morgan fingerprint density at radius 2 is 2.15 bits per heavy atom. The van der Waals surface area contributed by atoms with Crippen LogP contribution in [0.1, 0.15) is 40.0 Å². The molecule has 0 aromatic carbocycles. The van der Waals surface area contributed by atoms with E-state index in [1.807, 2.05) is 11.9 Å². The molecule has 0 radical (unpaired) electrons. The van der Waals surface area contributed by atoms with Gasteiger partial charge in [-0.05, 0) is 13.1 Å². The van der Waals surface area contributed by atoms with Gasteiger partial charge in [-0.15, -0.1) is 6.42 Å². The van der Waals surface area contributed by atoms with E-state index in [4.69, 9.17) is 11.2 Å². The van der Waals surface area contributed by atoms with Gasteiger partial charge in [-0.25, -0.2) is 19.2 Å². The van der Waals surface area contributed by atoms with Gasteiger partial charge in [0.1, 0.15) is 23.0 Å². The van der Waals surface area contributed by atoms with Gasteiger partial charge in [-0.2, -0.15) is 0 Å². The molecule has 0 unspecified atom stereocenters. The number of piperazine rings is 1. The van der Waals surface area contributed by atoms with Gasteiger partial charge >= 0.3 is 6.03 Å². The molecule has 11 nitrogen and oxygen atoms in total.